The van der Waals surface area contributed by atoms with Crippen LogP contribution in [0.3, 0.4) is 0 Å². The van der Waals surface area contributed by atoms with Crippen molar-refractivity contribution in [2.45, 2.75) is 82.8 Å². The van der Waals surface area contributed by atoms with Gasteiger partial charge in [-0.15, -0.1) is 11.3 Å². The monoisotopic (exact) mass is 471 g/mol. The number of carbonyl (C=O) groups is 1. The molecule has 1 atom stereocenters. The Bertz CT molecular complexity index is 977. The summed E-state index contributed by atoms with van der Waals surface area (Å²) in [6.45, 7) is 8.83. The second-order valence-electron chi connectivity index (χ2n) is 9.82. The highest BCUT2D eigenvalue weighted by molar-refractivity contribution is 7.19. The molecule has 0 aromatic carbocycles. The van der Waals surface area contributed by atoms with E-state index in [-0.39, 0.29) is 17.9 Å². The Morgan fingerprint density at radius 3 is 2.79 bits per heavy atom. The molecule has 3 aliphatic rings. The molecule has 0 unspecified atom stereocenters. The quantitative estimate of drug-likeness (QED) is 0.637. The summed E-state index contributed by atoms with van der Waals surface area (Å²) in [5, 5.41) is 4.14. The molecule has 0 bridgehead atoms. The van der Waals surface area contributed by atoms with E-state index in [2.05, 4.69) is 22.1 Å². The van der Waals surface area contributed by atoms with Gasteiger partial charge in [0.1, 0.15) is 10.6 Å². The molecule has 1 amide bonds. The van der Waals surface area contributed by atoms with Gasteiger partial charge in [0.15, 0.2) is 0 Å². The summed E-state index contributed by atoms with van der Waals surface area (Å²) in [5.74, 6) is 1.39. The van der Waals surface area contributed by atoms with Crippen molar-refractivity contribution in [1.82, 2.24) is 15.2 Å². The van der Waals surface area contributed by atoms with Crippen molar-refractivity contribution in [3.05, 3.63) is 22.7 Å². The number of hydrogen-bond donors (Lipinski definition) is 1. The van der Waals surface area contributed by atoms with Crippen LogP contribution in [-0.4, -0.2) is 60.3 Å². The Balaban J connectivity index is 1.33. The van der Waals surface area contributed by atoms with Gasteiger partial charge >= 0.3 is 0 Å². The van der Waals surface area contributed by atoms with Gasteiger partial charge in [-0.1, -0.05) is 6.92 Å². The summed E-state index contributed by atoms with van der Waals surface area (Å²) in [6, 6.07) is 2.04. The van der Waals surface area contributed by atoms with Crippen LogP contribution in [0.1, 0.15) is 75.2 Å². The summed E-state index contributed by atoms with van der Waals surface area (Å²) < 4.78 is 12.3. The van der Waals surface area contributed by atoms with Crippen molar-refractivity contribution in [2.24, 2.45) is 0 Å². The number of nitrogens with one attached hydrogen (secondary N) is 1. The highest BCUT2D eigenvalue weighted by atomic mass is 32.1. The molecule has 6 nitrogen and oxygen atoms in total. The zero-order valence-electron chi connectivity index (χ0n) is 20.0. The number of morpholine rings is 1. The molecule has 3 heterocycles. The number of aryl methyl sites for hydroxylation is 1. The first-order chi connectivity index (χ1) is 16.1. The summed E-state index contributed by atoms with van der Waals surface area (Å²) >= 11 is 1.79. The number of hydrogen-bond acceptors (Lipinski definition) is 6. The minimum absolute atomic E-state index is 0.146. The number of aromatic nitrogens is 1. The van der Waals surface area contributed by atoms with Crippen molar-refractivity contribution in [2.75, 3.05) is 32.8 Å². The summed E-state index contributed by atoms with van der Waals surface area (Å²) in [5.41, 5.74) is 1.63. The molecule has 0 radical (unpaired) electrons. The van der Waals surface area contributed by atoms with Crippen molar-refractivity contribution in [1.29, 1.82) is 0 Å². The Labute approximate surface area is 201 Å². The van der Waals surface area contributed by atoms with Crippen LogP contribution in [0, 0.1) is 0 Å². The number of thiophene rings is 1. The van der Waals surface area contributed by atoms with Crippen LogP contribution in [-0.2, 0) is 16.0 Å². The molecule has 1 aliphatic heterocycles. The van der Waals surface area contributed by atoms with Crippen LogP contribution >= 0.6 is 11.3 Å². The van der Waals surface area contributed by atoms with E-state index in [9.17, 15) is 4.79 Å². The number of rotatable bonds is 7. The molecule has 180 valence electrons. The highest BCUT2D eigenvalue weighted by Gasteiger charge is 2.40. The van der Waals surface area contributed by atoms with E-state index in [1.165, 1.54) is 35.1 Å². The van der Waals surface area contributed by atoms with Gasteiger partial charge in [-0.05, 0) is 69.4 Å². The lowest BCUT2D eigenvalue weighted by Gasteiger charge is -2.49. The molecule has 5 rings (SSSR count). The molecular weight excluding hydrogens is 434 g/mol. The van der Waals surface area contributed by atoms with Crippen LogP contribution in [0.5, 0.6) is 5.75 Å². The molecule has 2 fully saturated rings. The van der Waals surface area contributed by atoms with E-state index in [4.69, 9.17) is 9.47 Å². The Kier molecular flexibility index (Phi) is 6.91. The second kappa shape index (κ2) is 9.88. The maximum absolute atomic E-state index is 12.3. The first kappa shape index (κ1) is 23.1. The highest BCUT2D eigenvalue weighted by Crippen LogP contribution is 2.48. The van der Waals surface area contributed by atoms with Crippen LogP contribution in [0.15, 0.2) is 12.3 Å². The lowest BCUT2D eigenvalue weighted by Crippen LogP contribution is -2.55. The molecule has 2 aromatic rings. The lowest BCUT2D eigenvalue weighted by atomic mass is 9.77. The predicted octanol–water partition coefficient (Wildman–Crippen LogP) is 4.65. The van der Waals surface area contributed by atoms with Crippen LogP contribution < -0.4 is 10.1 Å². The van der Waals surface area contributed by atoms with Gasteiger partial charge in [0.25, 0.3) is 0 Å². The average Bonchev–Trinajstić information content (AvgIpc) is 3.40. The summed E-state index contributed by atoms with van der Waals surface area (Å²) in [6.07, 6.45) is 10.5. The smallest absolute Gasteiger partial charge is 0.220 e. The molecular formula is C26H37N3O3S. The molecule has 0 spiro atoms. The fourth-order valence-electron chi connectivity index (χ4n) is 6.28. The molecule has 1 saturated heterocycles. The zero-order chi connectivity index (χ0) is 22.8. The van der Waals surface area contributed by atoms with Crippen molar-refractivity contribution >= 4 is 27.5 Å². The molecule has 7 heteroatoms. The van der Waals surface area contributed by atoms with Crippen LogP contribution in [0.2, 0.25) is 0 Å². The van der Waals surface area contributed by atoms with Crippen molar-refractivity contribution in [3.8, 4) is 5.75 Å². The van der Waals surface area contributed by atoms with Gasteiger partial charge < -0.3 is 14.8 Å². The summed E-state index contributed by atoms with van der Waals surface area (Å²) in [7, 11) is 0. The number of pyridine rings is 1. The largest absolute Gasteiger partial charge is 0.490 e. The topological polar surface area (TPSA) is 63.7 Å². The third kappa shape index (κ3) is 4.52. The molecule has 33 heavy (non-hydrogen) atoms. The fraction of sp³-hybridized carbons (Fsp3) is 0.692. The Morgan fingerprint density at radius 2 is 2.06 bits per heavy atom. The minimum Gasteiger partial charge on any atom is -0.490 e. The van der Waals surface area contributed by atoms with Crippen molar-refractivity contribution < 1.29 is 14.3 Å². The molecule has 1 N–H and O–H groups in total. The maximum Gasteiger partial charge on any atom is 0.220 e. The summed E-state index contributed by atoms with van der Waals surface area (Å²) in [4.78, 5) is 22.1. The minimum atomic E-state index is 0.146. The van der Waals surface area contributed by atoms with E-state index < -0.39 is 0 Å². The van der Waals surface area contributed by atoms with Gasteiger partial charge in [-0.3, -0.25) is 9.69 Å². The Hall–Kier alpha value is -1.70. The third-order valence-electron chi connectivity index (χ3n) is 8.10. The predicted molar refractivity (Wildman–Crippen MR) is 132 cm³/mol. The number of ether oxygens (including phenoxy) is 2. The zero-order valence-corrected chi connectivity index (χ0v) is 20.8. The lowest BCUT2D eigenvalue weighted by molar-refractivity contribution is -0.121. The van der Waals surface area contributed by atoms with E-state index >= 15 is 0 Å². The van der Waals surface area contributed by atoms with Gasteiger partial charge in [0, 0.05) is 42.7 Å². The average molecular weight is 472 g/mol. The van der Waals surface area contributed by atoms with E-state index in [1.54, 1.807) is 11.3 Å². The van der Waals surface area contributed by atoms with E-state index in [1.807, 2.05) is 19.2 Å². The number of fused-ring (bicyclic) bond motifs is 3. The SMILES string of the molecule is CCNC(=O)C[C@H]1CCc2sc3nccc(O[C@H]4CC[C@](CC)(N5CCOCC5)CC4)c3c21. The van der Waals surface area contributed by atoms with E-state index in [0.29, 0.717) is 18.5 Å². The van der Waals surface area contributed by atoms with Crippen molar-refractivity contribution in [3.63, 3.8) is 0 Å². The van der Waals surface area contributed by atoms with E-state index in [0.717, 1.165) is 62.6 Å². The molecule has 2 aromatic heterocycles. The van der Waals surface area contributed by atoms with Gasteiger partial charge in [-0.2, -0.15) is 0 Å². The standard InChI is InChI=1S/C26H37N3O3S/c1-3-26(29-13-15-31-16-14-29)10-7-19(8-11-26)32-20-9-12-28-25-24(20)23-18(5-6-21(23)33-25)17-22(30)27-4-2/h9,12,18-19H,3-8,10-11,13-17H2,1-2H3,(H,27,30)/t18-,19-,26-/m1/s1. The normalized spacial score (nSPS) is 28.1. The van der Waals surface area contributed by atoms with Crippen LogP contribution in [0.4, 0.5) is 0 Å². The fourth-order valence-corrected chi connectivity index (χ4v) is 7.54. The first-order valence-corrected chi connectivity index (χ1v) is 13.6. The molecule has 2 aliphatic carbocycles. The third-order valence-corrected chi connectivity index (χ3v) is 9.27. The second-order valence-corrected chi connectivity index (χ2v) is 10.9. The van der Waals surface area contributed by atoms with Crippen LogP contribution in [0.25, 0.3) is 10.2 Å². The van der Waals surface area contributed by atoms with Gasteiger partial charge in [0.2, 0.25) is 5.91 Å². The number of carbonyl (C=O) groups excluding carboxylic acids is 1. The molecule has 1 saturated carbocycles. The number of nitrogens with zero attached hydrogens (tertiary/aromatic N) is 2. The van der Waals surface area contributed by atoms with Gasteiger partial charge in [-0.25, -0.2) is 4.98 Å². The number of amides is 1. The maximum atomic E-state index is 12.3. The Morgan fingerprint density at radius 1 is 1.27 bits per heavy atom. The van der Waals surface area contributed by atoms with Gasteiger partial charge in [0.05, 0.1) is 24.7 Å². The first-order valence-electron chi connectivity index (χ1n) is 12.8.